The number of carbonyl (C=O) groups excluding carboxylic acids is 1. The average Bonchev–Trinajstić information content (AvgIpc) is 3.29. The Morgan fingerprint density at radius 1 is 1.33 bits per heavy atom. The molecule has 0 saturated carbocycles. The van der Waals surface area contributed by atoms with Crippen LogP contribution in [0.1, 0.15) is 0 Å². The number of primary amides is 1. The third kappa shape index (κ3) is 4.83. The average molecular weight is 405 g/mol. The predicted octanol–water partition coefficient (Wildman–Crippen LogP) is 2.57. The lowest BCUT2D eigenvalue weighted by Gasteiger charge is -2.08. The fraction of sp³-hybridized carbons (Fsp3) is 0.188. The van der Waals surface area contributed by atoms with E-state index in [1.165, 1.54) is 35.2 Å². The molecule has 2 heterocycles. The van der Waals surface area contributed by atoms with Crippen molar-refractivity contribution in [3.05, 3.63) is 51.9 Å². The summed E-state index contributed by atoms with van der Waals surface area (Å²) < 4.78 is 7.22. The molecule has 1 aromatic carbocycles. The Balaban J connectivity index is 1.63. The van der Waals surface area contributed by atoms with Gasteiger partial charge in [-0.3, -0.25) is 19.5 Å². The maximum Gasteiger partial charge on any atom is 0.273 e. The Bertz CT molecular complexity index is 942. The van der Waals surface area contributed by atoms with Crippen LogP contribution in [0.4, 0.5) is 5.69 Å². The number of non-ortho nitro benzene ring substituents is 1. The van der Waals surface area contributed by atoms with E-state index in [-0.39, 0.29) is 12.2 Å². The molecule has 0 bridgehead atoms. The quantitative estimate of drug-likeness (QED) is 0.251. The van der Waals surface area contributed by atoms with E-state index in [1.807, 2.05) is 17.5 Å². The summed E-state index contributed by atoms with van der Waals surface area (Å²) in [5.41, 5.74) is 5.32. The summed E-state index contributed by atoms with van der Waals surface area (Å²) in [6.07, 6.45) is 0. The van der Waals surface area contributed by atoms with E-state index in [0.717, 1.165) is 4.88 Å². The zero-order chi connectivity index (χ0) is 19.2. The summed E-state index contributed by atoms with van der Waals surface area (Å²) in [4.78, 5) is 22.6. The van der Waals surface area contributed by atoms with E-state index in [9.17, 15) is 14.9 Å². The molecule has 0 aliphatic heterocycles. The van der Waals surface area contributed by atoms with Gasteiger partial charge in [0.05, 0.1) is 22.5 Å². The van der Waals surface area contributed by atoms with E-state index in [4.69, 9.17) is 10.5 Å². The zero-order valence-electron chi connectivity index (χ0n) is 14.0. The smallest absolute Gasteiger partial charge is 0.273 e. The molecule has 0 saturated heterocycles. The zero-order valence-corrected chi connectivity index (χ0v) is 15.6. The normalized spacial score (nSPS) is 10.7. The Labute approximate surface area is 162 Å². The molecular formula is C16H15N5O4S2. The standard InChI is InChI=1S/C16H15N5O4S2/c17-14(22)10-20-15(13-5-2-7-26-13)18-19-16(20)27-8-6-25-12-4-1-3-11(9-12)21(23)24/h1-5,7,9H,6,8,10H2,(H2,17,22). The fourth-order valence-corrected chi connectivity index (χ4v) is 3.73. The number of nitro benzene ring substituents is 1. The number of hydrogen-bond donors (Lipinski definition) is 1. The molecule has 2 N–H and O–H groups in total. The number of ether oxygens (including phenoxy) is 1. The van der Waals surface area contributed by atoms with Crippen molar-refractivity contribution in [2.45, 2.75) is 11.7 Å². The van der Waals surface area contributed by atoms with Crippen LogP contribution >= 0.6 is 23.1 Å². The molecule has 3 rings (SSSR count). The van der Waals surface area contributed by atoms with Gasteiger partial charge in [0.25, 0.3) is 5.69 Å². The van der Waals surface area contributed by atoms with Crippen molar-refractivity contribution < 1.29 is 14.5 Å². The first-order chi connectivity index (χ1) is 13.0. The molecule has 0 spiro atoms. The molecule has 11 heteroatoms. The highest BCUT2D eigenvalue weighted by atomic mass is 32.2. The number of nitro groups is 1. The molecule has 0 radical (unpaired) electrons. The van der Waals surface area contributed by atoms with Crippen molar-refractivity contribution in [1.29, 1.82) is 0 Å². The summed E-state index contributed by atoms with van der Waals surface area (Å²) in [6, 6.07) is 9.78. The van der Waals surface area contributed by atoms with Crippen LogP contribution in [0.3, 0.4) is 0 Å². The van der Waals surface area contributed by atoms with E-state index in [1.54, 1.807) is 16.7 Å². The minimum Gasteiger partial charge on any atom is -0.492 e. The number of nitrogens with two attached hydrogens (primary N) is 1. The Hall–Kier alpha value is -2.92. The van der Waals surface area contributed by atoms with Crippen LogP contribution in [-0.2, 0) is 11.3 Å². The molecule has 27 heavy (non-hydrogen) atoms. The molecule has 0 aliphatic rings. The van der Waals surface area contributed by atoms with E-state index < -0.39 is 10.8 Å². The lowest BCUT2D eigenvalue weighted by molar-refractivity contribution is -0.384. The maximum absolute atomic E-state index is 11.4. The first-order valence-electron chi connectivity index (χ1n) is 7.80. The number of benzene rings is 1. The summed E-state index contributed by atoms with van der Waals surface area (Å²) in [7, 11) is 0. The summed E-state index contributed by atoms with van der Waals surface area (Å²) >= 11 is 2.86. The number of thiophene rings is 1. The molecule has 2 aromatic heterocycles. The van der Waals surface area contributed by atoms with Crippen molar-refractivity contribution in [3.8, 4) is 16.5 Å². The Kier molecular flexibility index (Phi) is 6.04. The van der Waals surface area contributed by atoms with E-state index in [0.29, 0.717) is 29.1 Å². The number of nitrogens with zero attached hydrogens (tertiary/aromatic N) is 4. The lowest BCUT2D eigenvalue weighted by atomic mass is 10.3. The molecule has 140 valence electrons. The number of rotatable bonds is 9. The van der Waals surface area contributed by atoms with Gasteiger partial charge >= 0.3 is 0 Å². The highest BCUT2D eigenvalue weighted by molar-refractivity contribution is 7.99. The molecule has 1 amide bonds. The van der Waals surface area contributed by atoms with Gasteiger partial charge < -0.3 is 10.5 Å². The third-order valence-corrected chi connectivity index (χ3v) is 5.18. The van der Waals surface area contributed by atoms with Crippen LogP contribution in [0.15, 0.2) is 46.9 Å². The second kappa shape index (κ2) is 8.64. The number of amides is 1. The largest absolute Gasteiger partial charge is 0.492 e. The van der Waals surface area contributed by atoms with E-state index in [2.05, 4.69) is 10.2 Å². The Morgan fingerprint density at radius 2 is 2.19 bits per heavy atom. The third-order valence-electron chi connectivity index (χ3n) is 3.38. The summed E-state index contributed by atoms with van der Waals surface area (Å²) in [6.45, 7) is 0.290. The number of aromatic nitrogens is 3. The van der Waals surface area contributed by atoms with Gasteiger partial charge in [0.1, 0.15) is 12.3 Å². The van der Waals surface area contributed by atoms with Crippen molar-refractivity contribution in [3.63, 3.8) is 0 Å². The van der Waals surface area contributed by atoms with E-state index >= 15 is 0 Å². The fourth-order valence-electron chi connectivity index (χ4n) is 2.26. The second-order valence-corrected chi connectivity index (χ2v) is 7.30. The van der Waals surface area contributed by atoms with Gasteiger partial charge in [-0.25, -0.2) is 0 Å². The number of hydrogen-bond acceptors (Lipinski definition) is 8. The van der Waals surface area contributed by atoms with Crippen molar-refractivity contribution in [1.82, 2.24) is 14.8 Å². The van der Waals surface area contributed by atoms with Gasteiger partial charge in [-0.1, -0.05) is 23.9 Å². The summed E-state index contributed by atoms with van der Waals surface area (Å²) in [5, 5.41) is 21.6. The first-order valence-corrected chi connectivity index (χ1v) is 9.66. The minimum absolute atomic E-state index is 0.0195. The van der Waals surface area contributed by atoms with Crippen LogP contribution in [-0.4, -0.2) is 38.0 Å². The van der Waals surface area contributed by atoms with Gasteiger partial charge in [0.15, 0.2) is 11.0 Å². The van der Waals surface area contributed by atoms with Gasteiger partial charge in [0, 0.05) is 11.8 Å². The molecule has 0 fully saturated rings. The number of carbonyl (C=O) groups is 1. The monoisotopic (exact) mass is 405 g/mol. The highest BCUT2D eigenvalue weighted by Gasteiger charge is 2.16. The first kappa shape index (κ1) is 18.9. The van der Waals surface area contributed by atoms with Crippen LogP contribution in [0.25, 0.3) is 10.7 Å². The lowest BCUT2D eigenvalue weighted by Crippen LogP contribution is -2.20. The second-order valence-electron chi connectivity index (χ2n) is 5.29. The van der Waals surface area contributed by atoms with Crippen LogP contribution < -0.4 is 10.5 Å². The van der Waals surface area contributed by atoms with Crippen molar-refractivity contribution in [2.75, 3.05) is 12.4 Å². The van der Waals surface area contributed by atoms with Gasteiger partial charge in [-0.15, -0.1) is 21.5 Å². The molecule has 0 atom stereocenters. The van der Waals surface area contributed by atoms with Gasteiger partial charge in [-0.05, 0) is 17.5 Å². The predicted molar refractivity (Wildman–Crippen MR) is 102 cm³/mol. The van der Waals surface area contributed by atoms with Crippen molar-refractivity contribution >= 4 is 34.7 Å². The molecule has 0 unspecified atom stereocenters. The van der Waals surface area contributed by atoms with Gasteiger partial charge in [0.2, 0.25) is 5.91 Å². The maximum atomic E-state index is 11.4. The van der Waals surface area contributed by atoms with Gasteiger partial charge in [-0.2, -0.15) is 0 Å². The topological polar surface area (TPSA) is 126 Å². The molecule has 3 aromatic rings. The SMILES string of the molecule is NC(=O)Cn1c(SCCOc2cccc([N+](=O)[O-])c2)nnc1-c1cccs1. The summed E-state index contributed by atoms with van der Waals surface area (Å²) in [5.74, 6) is 1.04. The molecule has 0 aliphatic carbocycles. The number of thioether (sulfide) groups is 1. The van der Waals surface area contributed by atoms with Crippen molar-refractivity contribution in [2.24, 2.45) is 5.73 Å². The van der Waals surface area contributed by atoms with Crippen LogP contribution in [0.5, 0.6) is 5.75 Å². The Morgan fingerprint density at radius 3 is 2.89 bits per heavy atom. The molecular weight excluding hydrogens is 390 g/mol. The van der Waals surface area contributed by atoms with Crippen LogP contribution in [0, 0.1) is 10.1 Å². The highest BCUT2D eigenvalue weighted by Crippen LogP contribution is 2.27. The van der Waals surface area contributed by atoms with Crippen LogP contribution in [0.2, 0.25) is 0 Å². The minimum atomic E-state index is -0.484. The molecule has 9 nitrogen and oxygen atoms in total.